The molecule has 1 aliphatic heterocycles. The maximum absolute atomic E-state index is 11.4. The summed E-state index contributed by atoms with van der Waals surface area (Å²) in [5.41, 5.74) is 3.65. The van der Waals surface area contributed by atoms with Crippen LogP contribution in [-0.2, 0) is 12.8 Å². The van der Waals surface area contributed by atoms with Crippen LogP contribution in [-0.4, -0.2) is 33.3 Å². The van der Waals surface area contributed by atoms with E-state index in [0.717, 1.165) is 54.4 Å². The second-order valence-electron chi connectivity index (χ2n) is 5.68. The van der Waals surface area contributed by atoms with Crippen molar-refractivity contribution in [2.75, 3.05) is 18.0 Å². The lowest BCUT2D eigenvalue weighted by Crippen LogP contribution is -2.31. The highest BCUT2D eigenvalue weighted by molar-refractivity contribution is 5.67. The van der Waals surface area contributed by atoms with Gasteiger partial charge in [0.25, 0.3) is 5.56 Å². The molecule has 0 saturated carbocycles. The van der Waals surface area contributed by atoms with E-state index >= 15 is 0 Å². The number of rotatable bonds is 1. The molecular formula is C15H17N5O. The number of H-pyrrole nitrogens is 1. The van der Waals surface area contributed by atoms with Crippen molar-refractivity contribution in [2.24, 2.45) is 0 Å². The molecule has 0 radical (unpaired) electrons. The molecule has 1 fully saturated rings. The van der Waals surface area contributed by atoms with Gasteiger partial charge in [0.1, 0.15) is 0 Å². The van der Waals surface area contributed by atoms with Gasteiger partial charge in [0.2, 0.25) is 5.95 Å². The standard InChI is InChI=1S/C15H17N5O/c21-13-8-10-4-5-12-11(14(10)19-18-13)9-16-15(17-12)20-6-2-1-3-7-20/h8-9H,1-7H2,(H,18,21). The van der Waals surface area contributed by atoms with Crippen LogP contribution in [0.2, 0.25) is 0 Å². The summed E-state index contributed by atoms with van der Waals surface area (Å²) in [6.07, 6.45) is 7.24. The van der Waals surface area contributed by atoms with Crippen molar-refractivity contribution in [3.63, 3.8) is 0 Å². The Balaban J connectivity index is 1.73. The smallest absolute Gasteiger partial charge is 0.264 e. The van der Waals surface area contributed by atoms with Crippen LogP contribution in [0.4, 0.5) is 5.95 Å². The Kier molecular flexibility index (Phi) is 2.94. The highest BCUT2D eigenvalue weighted by Gasteiger charge is 2.22. The SMILES string of the molecule is O=c1cc2c(n[nH]1)-c1cnc(N3CCCCC3)nc1CC2. The Morgan fingerprint density at radius 2 is 2.00 bits per heavy atom. The molecule has 2 aliphatic rings. The number of fused-ring (bicyclic) bond motifs is 3. The lowest BCUT2D eigenvalue weighted by Gasteiger charge is -2.27. The number of nitrogens with one attached hydrogen (secondary N) is 1. The van der Waals surface area contributed by atoms with Crippen LogP contribution in [0.25, 0.3) is 11.3 Å². The third-order valence-electron chi connectivity index (χ3n) is 4.27. The summed E-state index contributed by atoms with van der Waals surface area (Å²) in [4.78, 5) is 22.9. The zero-order valence-corrected chi connectivity index (χ0v) is 11.8. The van der Waals surface area contributed by atoms with Gasteiger partial charge in [-0.1, -0.05) is 0 Å². The van der Waals surface area contributed by atoms with Crippen LogP contribution in [0.5, 0.6) is 0 Å². The molecule has 0 bridgehead atoms. The molecule has 2 aromatic rings. The summed E-state index contributed by atoms with van der Waals surface area (Å²) in [6.45, 7) is 2.09. The maximum atomic E-state index is 11.4. The van der Waals surface area contributed by atoms with Crippen molar-refractivity contribution in [3.05, 3.63) is 33.9 Å². The topological polar surface area (TPSA) is 74.8 Å². The number of aryl methyl sites for hydroxylation is 2. The van der Waals surface area contributed by atoms with Gasteiger partial charge in [-0.15, -0.1) is 0 Å². The van der Waals surface area contributed by atoms with Crippen LogP contribution in [0.3, 0.4) is 0 Å². The van der Waals surface area contributed by atoms with Gasteiger partial charge in [-0.05, 0) is 37.7 Å². The fourth-order valence-corrected chi connectivity index (χ4v) is 3.16. The van der Waals surface area contributed by atoms with Crippen molar-refractivity contribution in [1.82, 2.24) is 20.2 Å². The van der Waals surface area contributed by atoms with E-state index in [9.17, 15) is 4.79 Å². The number of aromatic amines is 1. The third kappa shape index (κ3) is 2.20. The predicted molar refractivity (Wildman–Crippen MR) is 79.4 cm³/mol. The Bertz CT molecular complexity index is 733. The van der Waals surface area contributed by atoms with E-state index < -0.39 is 0 Å². The molecule has 1 aliphatic carbocycles. The first-order chi connectivity index (χ1) is 10.3. The lowest BCUT2D eigenvalue weighted by atomic mass is 9.94. The maximum Gasteiger partial charge on any atom is 0.264 e. The third-order valence-corrected chi connectivity index (χ3v) is 4.27. The Morgan fingerprint density at radius 3 is 2.86 bits per heavy atom. The van der Waals surface area contributed by atoms with Gasteiger partial charge in [0, 0.05) is 30.9 Å². The molecule has 6 nitrogen and oxygen atoms in total. The average molecular weight is 283 g/mol. The summed E-state index contributed by atoms with van der Waals surface area (Å²) in [6, 6.07) is 1.63. The number of piperidine rings is 1. The molecule has 0 unspecified atom stereocenters. The van der Waals surface area contributed by atoms with Crippen molar-refractivity contribution in [1.29, 1.82) is 0 Å². The van der Waals surface area contributed by atoms with Gasteiger partial charge in [0.05, 0.1) is 11.4 Å². The van der Waals surface area contributed by atoms with Crippen LogP contribution in [0.1, 0.15) is 30.5 Å². The minimum atomic E-state index is -0.150. The van der Waals surface area contributed by atoms with Crippen LogP contribution >= 0.6 is 0 Å². The molecule has 0 spiro atoms. The molecule has 1 N–H and O–H groups in total. The highest BCUT2D eigenvalue weighted by atomic mass is 16.1. The Morgan fingerprint density at radius 1 is 1.14 bits per heavy atom. The first-order valence-corrected chi connectivity index (χ1v) is 7.51. The minimum absolute atomic E-state index is 0.150. The molecule has 4 rings (SSSR count). The first kappa shape index (κ1) is 12.5. The predicted octanol–water partition coefficient (Wildman–Crippen LogP) is 1.32. The molecule has 0 aromatic carbocycles. The fourth-order valence-electron chi connectivity index (χ4n) is 3.16. The largest absolute Gasteiger partial charge is 0.341 e. The van der Waals surface area contributed by atoms with Crippen LogP contribution in [0.15, 0.2) is 17.1 Å². The minimum Gasteiger partial charge on any atom is -0.341 e. The lowest BCUT2D eigenvalue weighted by molar-refractivity contribution is 0.567. The summed E-state index contributed by atoms with van der Waals surface area (Å²) in [7, 11) is 0. The van der Waals surface area contributed by atoms with Gasteiger partial charge in [-0.2, -0.15) is 5.10 Å². The van der Waals surface area contributed by atoms with E-state index in [4.69, 9.17) is 4.98 Å². The quantitative estimate of drug-likeness (QED) is 0.854. The molecular weight excluding hydrogens is 266 g/mol. The van der Waals surface area contributed by atoms with Crippen molar-refractivity contribution < 1.29 is 0 Å². The molecule has 21 heavy (non-hydrogen) atoms. The van der Waals surface area contributed by atoms with Crippen molar-refractivity contribution >= 4 is 5.95 Å². The van der Waals surface area contributed by atoms with Crippen molar-refractivity contribution in [2.45, 2.75) is 32.1 Å². The van der Waals surface area contributed by atoms with Crippen LogP contribution in [0, 0.1) is 0 Å². The zero-order valence-electron chi connectivity index (χ0n) is 11.8. The van der Waals surface area contributed by atoms with Gasteiger partial charge in [-0.25, -0.2) is 15.1 Å². The second-order valence-corrected chi connectivity index (χ2v) is 5.68. The summed E-state index contributed by atoms with van der Waals surface area (Å²) in [5.74, 6) is 0.835. The fraction of sp³-hybridized carbons (Fsp3) is 0.467. The number of aromatic nitrogens is 4. The van der Waals surface area contributed by atoms with E-state index in [1.807, 2.05) is 6.20 Å². The molecule has 3 heterocycles. The zero-order chi connectivity index (χ0) is 14.2. The Hall–Kier alpha value is -2.24. The monoisotopic (exact) mass is 283 g/mol. The number of nitrogens with zero attached hydrogens (tertiary/aromatic N) is 4. The Labute approximate surface area is 122 Å². The van der Waals surface area contributed by atoms with E-state index in [1.54, 1.807) is 6.07 Å². The first-order valence-electron chi connectivity index (χ1n) is 7.51. The summed E-state index contributed by atoms with van der Waals surface area (Å²) >= 11 is 0. The molecule has 108 valence electrons. The van der Waals surface area contributed by atoms with E-state index in [1.165, 1.54) is 19.3 Å². The van der Waals surface area contributed by atoms with Gasteiger partial charge in [0.15, 0.2) is 0 Å². The normalized spacial score (nSPS) is 17.2. The van der Waals surface area contributed by atoms with E-state index in [-0.39, 0.29) is 5.56 Å². The second kappa shape index (κ2) is 4.95. The number of anilines is 1. The van der Waals surface area contributed by atoms with E-state index in [2.05, 4.69) is 20.1 Å². The molecule has 6 heteroatoms. The molecule has 1 saturated heterocycles. The van der Waals surface area contributed by atoms with Crippen molar-refractivity contribution in [3.8, 4) is 11.3 Å². The van der Waals surface area contributed by atoms with Gasteiger partial charge in [-0.3, -0.25) is 4.79 Å². The summed E-state index contributed by atoms with van der Waals surface area (Å²) < 4.78 is 0. The number of hydrogen-bond donors (Lipinski definition) is 1. The summed E-state index contributed by atoms with van der Waals surface area (Å²) in [5, 5.41) is 6.68. The van der Waals surface area contributed by atoms with Crippen LogP contribution < -0.4 is 10.5 Å². The molecule has 0 amide bonds. The van der Waals surface area contributed by atoms with Gasteiger partial charge >= 0.3 is 0 Å². The molecule has 2 aromatic heterocycles. The highest BCUT2D eigenvalue weighted by Crippen LogP contribution is 2.30. The van der Waals surface area contributed by atoms with Gasteiger partial charge < -0.3 is 4.90 Å². The number of hydrogen-bond acceptors (Lipinski definition) is 5. The average Bonchev–Trinajstić information content (AvgIpc) is 2.54. The molecule has 0 atom stereocenters. The van der Waals surface area contributed by atoms with E-state index in [0.29, 0.717) is 0 Å².